The van der Waals surface area contributed by atoms with Gasteiger partial charge in [0.05, 0.1) is 17.4 Å². The lowest BCUT2D eigenvalue weighted by Crippen LogP contribution is -2.45. The number of pyridine rings is 1. The average Bonchev–Trinajstić information content (AvgIpc) is 2.58. The molecule has 0 radical (unpaired) electrons. The van der Waals surface area contributed by atoms with E-state index in [0.717, 1.165) is 11.8 Å². The second-order valence-corrected chi connectivity index (χ2v) is 6.08. The van der Waals surface area contributed by atoms with Gasteiger partial charge < -0.3 is 10.2 Å². The molecule has 1 aromatic heterocycles. The van der Waals surface area contributed by atoms with E-state index in [1.807, 2.05) is 17.9 Å². The summed E-state index contributed by atoms with van der Waals surface area (Å²) >= 11 is 0. The van der Waals surface area contributed by atoms with E-state index < -0.39 is 5.82 Å². The zero-order valence-electron chi connectivity index (χ0n) is 13.4. The van der Waals surface area contributed by atoms with Crippen molar-refractivity contribution in [2.45, 2.75) is 25.8 Å². The van der Waals surface area contributed by atoms with E-state index in [0.29, 0.717) is 31.6 Å². The number of aryl methyl sites for hydroxylation is 1. The molecule has 0 aliphatic carbocycles. The van der Waals surface area contributed by atoms with Crippen LogP contribution in [0.5, 0.6) is 0 Å². The van der Waals surface area contributed by atoms with E-state index in [1.54, 1.807) is 6.07 Å². The summed E-state index contributed by atoms with van der Waals surface area (Å²) in [7, 11) is 0. The first kappa shape index (κ1) is 16.4. The van der Waals surface area contributed by atoms with E-state index in [9.17, 15) is 13.6 Å². The Labute approximate surface area is 139 Å². The van der Waals surface area contributed by atoms with Crippen LogP contribution >= 0.6 is 0 Å². The number of nitrogens with zero attached hydrogens (tertiary/aromatic N) is 2. The van der Waals surface area contributed by atoms with Crippen LogP contribution in [0.15, 0.2) is 36.7 Å². The number of rotatable bonds is 3. The van der Waals surface area contributed by atoms with Crippen molar-refractivity contribution in [3.8, 4) is 0 Å². The molecule has 2 aromatic rings. The summed E-state index contributed by atoms with van der Waals surface area (Å²) < 4.78 is 27.1. The highest BCUT2D eigenvalue weighted by Gasteiger charge is 2.23. The first-order valence-electron chi connectivity index (χ1n) is 7.95. The molecular weight excluding hydrogens is 312 g/mol. The fourth-order valence-electron chi connectivity index (χ4n) is 2.93. The van der Waals surface area contributed by atoms with E-state index >= 15 is 0 Å². The van der Waals surface area contributed by atoms with Gasteiger partial charge in [-0.25, -0.2) is 8.78 Å². The van der Waals surface area contributed by atoms with Gasteiger partial charge in [0.15, 0.2) is 0 Å². The number of halogens is 2. The van der Waals surface area contributed by atoms with Crippen molar-refractivity contribution >= 4 is 11.6 Å². The first-order valence-corrected chi connectivity index (χ1v) is 7.95. The summed E-state index contributed by atoms with van der Waals surface area (Å²) in [6, 6.07) is 6.23. The molecule has 1 saturated heterocycles. The molecule has 0 unspecified atom stereocenters. The molecule has 2 heterocycles. The number of amides is 1. The highest BCUT2D eigenvalue weighted by Crippen LogP contribution is 2.24. The number of nitrogens with one attached hydrogen (secondary N) is 1. The molecule has 0 spiro atoms. The number of hydrogen-bond donors (Lipinski definition) is 1. The van der Waals surface area contributed by atoms with Crippen LogP contribution in [0, 0.1) is 18.6 Å². The fraction of sp³-hybridized carbons (Fsp3) is 0.333. The van der Waals surface area contributed by atoms with Crippen LogP contribution in [-0.4, -0.2) is 30.0 Å². The van der Waals surface area contributed by atoms with Gasteiger partial charge in [-0.2, -0.15) is 0 Å². The van der Waals surface area contributed by atoms with Crippen LogP contribution in [0.4, 0.5) is 14.5 Å². The Morgan fingerprint density at radius 1 is 1.21 bits per heavy atom. The van der Waals surface area contributed by atoms with Crippen molar-refractivity contribution in [3.63, 3.8) is 0 Å². The fourth-order valence-corrected chi connectivity index (χ4v) is 2.93. The molecule has 0 atom stereocenters. The van der Waals surface area contributed by atoms with Crippen molar-refractivity contribution in [3.05, 3.63) is 59.4 Å². The van der Waals surface area contributed by atoms with E-state index in [1.165, 1.54) is 18.3 Å². The van der Waals surface area contributed by atoms with E-state index in [2.05, 4.69) is 10.3 Å². The maximum Gasteiger partial charge on any atom is 0.253 e. The second kappa shape index (κ2) is 6.95. The maximum absolute atomic E-state index is 14.0. The van der Waals surface area contributed by atoms with Crippen LogP contribution in [0.25, 0.3) is 0 Å². The van der Waals surface area contributed by atoms with Gasteiger partial charge >= 0.3 is 0 Å². The molecule has 24 heavy (non-hydrogen) atoms. The third kappa shape index (κ3) is 3.69. The molecule has 3 rings (SSSR count). The Bertz CT molecular complexity index is 743. The zero-order valence-corrected chi connectivity index (χ0v) is 13.4. The highest BCUT2D eigenvalue weighted by molar-refractivity contribution is 5.94. The number of hydrogen-bond acceptors (Lipinski definition) is 3. The number of carbonyl (C=O) groups excluding carboxylic acids is 1. The van der Waals surface area contributed by atoms with Gasteiger partial charge in [-0.1, -0.05) is 6.07 Å². The van der Waals surface area contributed by atoms with Crippen molar-refractivity contribution in [1.82, 2.24) is 10.3 Å². The summed E-state index contributed by atoms with van der Waals surface area (Å²) in [4.78, 5) is 17.8. The molecule has 1 aliphatic rings. The van der Waals surface area contributed by atoms with Crippen molar-refractivity contribution in [2.24, 2.45) is 0 Å². The van der Waals surface area contributed by atoms with Crippen molar-refractivity contribution in [2.75, 3.05) is 18.0 Å². The smallest absolute Gasteiger partial charge is 0.253 e. The van der Waals surface area contributed by atoms with Crippen LogP contribution in [-0.2, 0) is 0 Å². The maximum atomic E-state index is 14.0. The third-order valence-electron chi connectivity index (χ3n) is 4.24. The molecule has 1 fully saturated rings. The average molecular weight is 331 g/mol. The topological polar surface area (TPSA) is 45.2 Å². The predicted molar refractivity (Wildman–Crippen MR) is 88.0 cm³/mol. The molecule has 1 amide bonds. The van der Waals surface area contributed by atoms with Gasteiger partial charge in [-0.3, -0.25) is 9.78 Å². The highest BCUT2D eigenvalue weighted by atomic mass is 19.1. The Balaban J connectivity index is 1.59. The molecule has 1 N–H and O–H groups in total. The number of carbonyl (C=O) groups is 1. The van der Waals surface area contributed by atoms with Crippen LogP contribution in [0.1, 0.15) is 28.8 Å². The van der Waals surface area contributed by atoms with Crippen molar-refractivity contribution in [1.29, 1.82) is 0 Å². The molecule has 4 nitrogen and oxygen atoms in total. The van der Waals surface area contributed by atoms with Crippen molar-refractivity contribution < 1.29 is 13.6 Å². The number of aromatic nitrogens is 1. The molecule has 0 bridgehead atoms. The van der Waals surface area contributed by atoms with Gasteiger partial charge in [-0.15, -0.1) is 0 Å². The van der Waals surface area contributed by atoms with Gasteiger partial charge in [-0.05, 0) is 43.5 Å². The van der Waals surface area contributed by atoms with Gasteiger partial charge in [0.25, 0.3) is 5.91 Å². The van der Waals surface area contributed by atoms with Gasteiger partial charge in [0.1, 0.15) is 11.6 Å². The quantitative estimate of drug-likeness (QED) is 0.940. The standard InChI is InChI=1S/C18H19F2N3O/c1-12-2-3-16(20)17(8-12)23-6-4-15(5-7-23)22-18(24)13-9-14(19)11-21-10-13/h2-3,8-11,15H,4-7H2,1H3,(H,22,24). The second-order valence-electron chi connectivity index (χ2n) is 6.08. The molecular formula is C18H19F2N3O. The number of piperidine rings is 1. The van der Waals surface area contributed by atoms with Gasteiger partial charge in [0.2, 0.25) is 0 Å². The minimum absolute atomic E-state index is 0.00936. The SMILES string of the molecule is Cc1ccc(F)c(N2CCC(NC(=O)c3cncc(F)c3)CC2)c1. The predicted octanol–water partition coefficient (Wildman–Crippen LogP) is 3.07. The number of benzene rings is 1. The summed E-state index contributed by atoms with van der Waals surface area (Å²) in [6.45, 7) is 3.25. The first-order chi connectivity index (χ1) is 11.5. The lowest BCUT2D eigenvalue weighted by molar-refractivity contribution is 0.0930. The Kier molecular flexibility index (Phi) is 4.74. The number of anilines is 1. The van der Waals surface area contributed by atoms with E-state index in [4.69, 9.17) is 0 Å². The third-order valence-corrected chi connectivity index (χ3v) is 4.24. The van der Waals surface area contributed by atoms with Crippen LogP contribution < -0.4 is 10.2 Å². The van der Waals surface area contributed by atoms with Gasteiger partial charge in [0, 0.05) is 25.3 Å². The largest absolute Gasteiger partial charge is 0.369 e. The normalized spacial score (nSPS) is 15.4. The summed E-state index contributed by atoms with van der Waals surface area (Å²) in [5, 5.41) is 2.89. The Morgan fingerprint density at radius 3 is 2.67 bits per heavy atom. The Morgan fingerprint density at radius 2 is 1.96 bits per heavy atom. The summed E-state index contributed by atoms with van der Waals surface area (Å²) in [6.07, 6.45) is 3.82. The zero-order chi connectivity index (χ0) is 17.1. The summed E-state index contributed by atoms with van der Waals surface area (Å²) in [5.41, 5.74) is 1.83. The Hall–Kier alpha value is -2.50. The van der Waals surface area contributed by atoms with E-state index in [-0.39, 0.29) is 23.3 Å². The van der Waals surface area contributed by atoms with Crippen LogP contribution in [0.2, 0.25) is 0 Å². The monoisotopic (exact) mass is 331 g/mol. The molecule has 1 aliphatic heterocycles. The lowest BCUT2D eigenvalue weighted by Gasteiger charge is -2.34. The lowest BCUT2D eigenvalue weighted by atomic mass is 10.0. The molecule has 1 aromatic carbocycles. The van der Waals surface area contributed by atoms with Crippen LogP contribution in [0.3, 0.4) is 0 Å². The minimum atomic E-state index is -0.535. The minimum Gasteiger partial charge on any atom is -0.369 e. The molecule has 126 valence electrons. The molecule has 0 saturated carbocycles. The molecule has 6 heteroatoms. The summed E-state index contributed by atoms with van der Waals surface area (Å²) in [5.74, 6) is -1.09.